The number of fused-ring (bicyclic) bond motifs is 1. The molecular weight excluding hydrogens is 246 g/mol. The van der Waals surface area contributed by atoms with Crippen LogP contribution in [0.4, 0.5) is 5.69 Å². The zero-order chi connectivity index (χ0) is 11.8. The summed E-state index contributed by atoms with van der Waals surface area (Å²) in [6.45, 7) is 4.08. The minimum Gasteiger partial charge on any atom is -0.372 e. The lowest BCUT2D eigenvalue weighted by Crippen LogP contribution is -2.28. The van der Waals surface area contributed by atoms with Gasteiger partial charge < -0.3 is 4.90 Å². The second kappa shape index (κ2) is 4.26. The molecule has 2 rings (SSSR count). The summed E-state index contributed by atoms with van der Waals surface area (Å²) in [5, 5.41) is 0. The van der Waals surface area contributed by atoms with Crippen LogP contribution in [0.1, 0.15) is 18.9 Å². The third-order valence-electron chi connectivity index (χ3n) is 2.93. The van der Waals surface area contributed by atoms with Crippen molar-refractivity contribution in [3.63, 3.8) is 0 Å². The predicted octanol–water partition coefficient (Wildman–Crippen LogP) is 2.39. The monoisotopic (exact) mass is 259 g/mol. The fraction of sp³-hybridized carbons (Fsp3) is 0.455. The van der Waals surface area contributed by atoms with Crippen LogP contribution in [0.3, 0.4) is 0 Å². The fourth-order valence-corrected chi connectivity index (χ4v) is 2.93. The Morgan fingerprint density at radius 2 is 2.19 bits per heavy atom. The standard InChI is InChI=1S/C11H14ClNO2S/c1-2-13-7-3-4-9-8-10(16(12,14)15)5-6-11(9)13/h5-6,8H,2-4,7H2,1H3. The highest BCUT2D eigenvalue weighted by atomic mass is 35.7. The zero-order valence-electron chi connectivity index (χ0n) is 9.11. The molecule has 0 saturated carbocycles. The number of anilines is 1. The minimum absolute atomic E-state index is 0.200. The molecule has 0 N–H and O–H groups in total. The average Bonchev–Trinajstić information content (AvgIpc) is 2.26. The highest BCUT2D eigenvalue weighted by molar-refractivity contribution is 8.13. The molecule has 16 heavy (non-hydrogen) atoms. The number of hydrogen-bond acceptors (Lipinski definition) is 3. The van der Waals surface area contributed by atoms with Gasteiger partial charge in [-0.3, -0.25) is 0 Å². The lowest BCUT2D eigenvalue weighted by atomic mass is 10.0. The van der Waals surface area contributed by atoms with Crippen molar-refractivity contribution in [1.82, 2.24) is 0 Å². The van der Waals surface area contributed by atoms with E-state index in [4.69, 9.17) is 10.7 Å². The minimum atomic E-state index is -3.61. The van der Waals surface area contributed by atoms with Crippen LogP contribution in [0.2, 0.25) is 0 Å². The van der Waals surface area contributed by atoms with Gasteiger partial charge in [0.1, 0.15) is 0 Å². The predicted molar refractivity (Wildman–Crippen MR) is 65.7 cm³/mol. The van der Waals surface area contributed by atoms with E-state index in [2.05, 4.69) is 11.8 Å². The van der Waals surface area contributed by atoms with Gasteiger partial charge in [-0.1, -0.05) is 0 Å². The van der Waals surface area contributed by atoms with Crippen molar-refractivity contribution in [2.75, 3.05) is 18.0 Å². The van der Waals surface area contributed by atoms with E-state index in [1.54, 1.807) is 12.1 Å². The van der Waals surface area contributed by atoms with E-state index in [0.717, 1.165) is 37.2 Å². The van der Waals surface area contributed by atoms with Gasteiger partial charge in [0.05, 0.1) is 4.90 Å². The van der Waals surface area contributed by atoms with E-state index in [1.807, 2.05) is 6.07 Å². The molecule has 1 aromatic rings. The Labute approximate surface area is 100 Å². The first-order chi connectivity index (χ1) is 7.52. The van der Waals surface area contributed by atoms with Crippen LogP contribution in [0.5, 0.6) is 0 Å². The Kier molecular flexibility index (Phi) is 3.13. The van der Waals surface area contributed by atoms with E-state index in [9.17, 15) is 8.42 Å². The third kappa shape index (κ3) is 2.18. The lowest BCUT2D eigenvalue weighted by molar-refractivity contribution is 0.609. The number of aryl methyl sites for hydroxylation is 1. The van der Waals surface area contributed by atoms with Gasteiger partial charge in [-0.15, -0.1) is 0 Å². The van der Waals surface area contributed by atoms with Gasteiger partial charge in [-0.25, -0.2) is 8.42 Å². The maximum absolute atomic E-state index is 11.2. The van der Waals surface area contributed by atoms with Crippen molar-refractivity contribution in [2.24, 2.45) is 0 Å². The molecule has 0 saturated heterocycles. The Morgan fingerprint density at radius 1 is 1.44 bits per heavy atom. The number of benzene rings is 1. The largest absolute Gasteiger partial charge is 0.372 e. The zero-order valence-corrected chi connectivity index (χ0v) is 10.7. The number of nitrogens with zero attached hydrogens (tertiary/aromatic N) is 1. The first-order valence-corrected chi connectivity index (χ1v) is 7.66. The molecule has 0 radical (unpaired) electrons. The Morgan fingerprint density at radius 3 is 2.81 bits per heavy atom. The first-order valence-electron chi connectivity index (χ1n) is 5.35. The summed E-state index contributed by atoms with van der Waals surface area (Å²) < 4.78 is 22.4. The van der Waals surface area contributed by atoms with Crippen molar-refractivity contribution in [3.05, 3.63) is 23.8 Å². The average molecular weight is 260 g/mol. The molecule has 1 heterocycles. The van der Waals surface area contributed by atoms with Crippen LogP contribution in [0.15, 0.2) is 23.1 Å². The second-order valence-electron chi connectivity index (χ2n) is 3.91. The molecule has 0 aromatic heterocycles. The summed E-state index contributed by atoms with van der Waals surface area (Å²) in [5.74, 6) is 0. The summed E-state index contributed by atoms with van der Waals surface area (Å²) in [6, 6.07) is 5.13. The summed E-state index contributed by atoms with van der Waals surface area (Å²) in [5.41, 5.74) is 2.22. The van der Waals surface area contributed by atoms with E-state index in [-0.39, 0.29) is 4.90 Å². The molecule has 0 atom stereocenters. The van der Waals surface area contributed by atoms with E-state index >= 15 is 0 Å². The first kappa shape index (κ1) is 11.7. The highest BCUT2D eigenvalue weighted by Gasteiger charge is 2.18. The molecule has 1 aliphatic rings. The van der Waals surface area contributed by atoms with E-state index in [1.165, 1.54) is 0 Å². The van der Waals surface area contributed by atoms with Gasteiger partial charge in [0.15, 0.2) is 0 Å². The van der Waals surface area contributed by atoms with Crippen molar-refractivity contribution >= 4 is 25.4 Å². The van der Waals surface area contributed by atoms with Crippen molar-refractivity contribution in [2.45, 2.75) is 24.7 Å². The van der Waals surface area contributed by atoms with E-state index < -0.39 is 9.05 Å². The van der Waals surface area contributed by atoms with Crippen molar-refractivity contribution < 1.29 is 8.42 Å². The number of hydrogen-bond donors (Lipinski definition) is 0. The lowest BCUT2D eigenvalue weighted by Gasteiger charge is -2.30. The Balaban J connectivity index is 2.47. The molecule has 5 heteroatoms. The highest BCUT2D eigenvalue weighted by Crippen LogP contribution is 2.29. The van der Waals surface area contributed by atoms with Gasteiger partial charge in [0, 0.05) is 29.5 Å². The van der Waals surface area contributed by atoms with Gasteiger partial charge >= 0.3 is 0 Å². The molecule has 1 aromatic carbocycles. The van der Waals surface area contributed by atoms with Crippen LogP contribution in [0, 0.1) is 0 Å². The molecular formula is C11H14ClNO2S. The molecule has 0 unspecified atom stereocenters. The van der Waals surface area contributed by atoms with Gasteiger partial charge in [0.25, 0.3) is 9.05 Å². The Bertz CT molecular complexity index is 499. The topological polar surface area (TPSA) is 37.4 Å². The number of rotatable bonds is 2. The summed E-state index contributed by atoms with van der Waals surface area (Å²) in [6.07, 6.45) is 1.98. The molecule has 0 fully saturated rings. The molecule has 0 bridgehead atoms. The molecule has 1 aliphatic heterocycles. The van der Waals surface area contributed by atoms with Crippen molar-refractivity contribution in [1.29, 1.82) is 0 Å². The summed E-state index contributed by atoms with van der Waals surface area (Å²) >= 11 is 0. The van der Waals surface area contributed by atoms with Gasteiger partial charge in [-0.2, -0.15) is 0 Å². The van der Waals surface area contributed by atoms with Crippen LogP contribution >= 0.6 is 10.7 Å². The van der Waals surface area contributed by atoms with Crippen LogP contribution < -0.4 is 4.90 Å². The maximum Gasteiger partial charge on any atom is 0.261 e. The number of halogens is 1. The normalized spacial score (nSPS) is 16.0. The summed E-state index contributed by atoms with van der Waals surface area (Å²) in [4.78, 5) is 2.45. The molecule has 88 valence electrons. The molecule has 0 spiro atoms. The van der Waals surface area contributed by atoms with Gasteiger partial charge in [0.2, 0.25) is 0 Å². The van der Waals surface area contributed by atoms with Gasteiger partial charge in [-0.05, 0) is 43.5 Å². The third-order valence-corrected chi connectivity index (χ3v) is 4.28. The van der Waals surface area contributed by atoms with E-state index in [0.29, 0.717) is 0 Å². The molecule has 3 nitrogen and oxygen atoms in total. The van der Waals surface area contributed by atoms with Crippen LogP contribution in [-0.4, -0.2) is 21.5 Å². The summed E-state index contributed by atoms with van der Waals surface area (Å²) in [7, 11) is 1.72. The smallest absolute Gasteiger partial charge is 0.261 e. The Hall–Kier alpha value is -0.740. The van der Waals surface area contributed by atoms with Crippen LogP contribution in [-0.2, 0) is 15.5 Å². The second-order valence-corrected chi connectivity index (χ2v) is 6.48. The SMILES string of the molecule is CCN1CCCc2cc(S(=O)(=O)Cl)ccc21. The van der Waals surface area contributed by atoms with Crippen molar-refractivity contribution in [3.8, 4) is 0 Å². The quantitative estimate of drug-likeness (QED) is 0.766. The molecule has 0 aliphatic carbocycles. The maximum atomic E-state index is 11.2. The molecule has 0 amide bonds. The fourth-order valence-electron chi connectivity index (χ4n) is 2.13. The van der Waals surface area contributed by atoms with Crippen LogP contribution in [0.25, 0.3) is 0 Å².